The molecular formula is C13H29O3Si. The van der Waals surface area contributed by atoms with Crippen molar-refractivity contribution in [1.82, 2.24) is 0 Å². The van der Waals surface area contributed by atoms with E-state index in [0.717, 1.165) is 51.9 Å². The Morgan fingerprint density at radius 3 is 1.41 bits per heavy atom. The predicted molar refractivity (Wildman–Crippen MR) is 73.7 cm³/mol. The van der Waals surface area contributed by atoms with Crippen LogP contribution in [0.25, 0.3) is 0 Å². The molecule has 0 heterocycles. The summed E-state index contributed by atoms with van der Waals surface area (Å²) in [4.78, 5) is 0. The fraction of sp³-hybridized carbons (Fsp3) is 0.923. The van der Waals surface area contributed by atoms with Gasteiger partial charge in [0.1, 0.15) is 0 Å². The first-order chi connectivity index (χ1) is 8.24. The van der Waals surface area contributed by atoms with E-state index in [1.807, 2.05) is 0 Å². The highest BCUT2D eigenvalue weighted by atomic mass is 28.4. The van der Waals surface area contributed by atoms with Gasteiger partial charge in [-0.3, -0.25) is 0 Å². The van der Waals surface area contributed by atoms with E-state index in [2.05, 4.69) is 33.7 Å². The predicted octanol–water partition coefficient (Wildman–Crippen LogP) is 3.75. The van der Waals surface area contributed by atoms with Gasteiger partial charge in [-0.2, -0.15) is 0 Å². The van der Waals surface area contributed by atoms with E-state index in [9.17, 15) is 0 Å². The molecule has 0 aromatic heterocycles. The third-order valence-corrected chi connectivity index (χ3v) is 4.81. The average Bonchev–Trinajstić information content (AvgIpc) is 2.37. The Labute approximate surface area is 108 Å². The van der Waals surface area contributed by atoms with Crippen LogP contribution < -0.4 is 0 Å². The Morgan fingerprint density at radius 2 is 1.12 bits per heavy atom. The molecule has 0 aliphatic heterocycles. The molecule has 0 N–H and O–H groups in total. The van der Waals surface area contributed by atoms with Crippen LogP contribution in [0.1, 0.15) is 59.8 Å². The van der Waals surface area contributed by atoms with Gasteiger partial charge in [0.15, 0.2) is 0 Å². The van der Waals surface area contributed by atoms with Crippen LogP contribution in [0.3, 0.4) is 0 Å². The van der Waals surface area contributed by atoms with E-state index < -0.39 is 8.80 Å². The van der Waals surface area contributed by atoms with Gasteiger partial charge in [-0.1, -0.05) is 34.1 Å². The summed E-state index contributed by atoms with van der Waals surface area (Å²) in [5, 5.41) is 0. The molecule has 0 aliphatic carbocycles. The second-order valence-electron chi connectivity index (χ2n) is 4.14. The van der Waals surface area contributed by atoms with Crippen LogP contribution in [0.15, 0.2) is 0 Å². The van der Waals surface area contributed by atoms with Gasteiger partial charge in [-0.25, -0.2) is 0 Å². The van der Waals surface area contributed by atoms with Gasteiger partial charge in [0, 0.05) is 25.9 Å². The molecule has 0 unspecified atom stereocenters. The zero-order valence-electron chi connectivity index (χ0n) is 12.0. The number of rotatable bonds is 12. The highest BCUT2D eigenvalue weighted by Gasteiger charge is 2.40. The molecule has 1 radical (unpaired) electrons. The van der Waals surface area contributed by atoms with Crippen molar-refractivity contribution in [2.45, 2.75) is 59.8 Å². The first kappa shape index (κ1) is 17.1. The fourth-order valence-corrected chi connectivity index (χ4v) is 4.07. The maximum Gasteiger partial charge on any atom is 0.504 e. The molecule has 3 nitrogen and oxygen atoms in total. The number of hydrogen-bond acceptors (Lipinski definition) is 3. The van der Waals surface area contributed by atoms with Gasteiger partial charge in [-0.05, 0) is 25.7 Å². The Balaban J connectivity index is 4.39. The Bertz CT molecular complexity index is 127. The van der Waals surface area contributed by atoms with Crippen LogP contribution >= 0.6 is 0 Å². The van der Waals surface area contributed by atoms with E-state index in [4.69, 9.17) is 13.3 Å². The summed E-state index contributed by atoms with van der Waals surface area (Å²) >= 11 is 0. The molecule has 0 rings (SSSR count). The quantitative estimate of drug-likeness (QED) is 0.501. The minimum atomic E-state index is -2.50. The van der Waals surface area contributed by atoms with Gasteiger partial charge >= 0.3 is 8.80 Å². The van der Waals surface area contributed by atoms with Gasteiger partial charge in [0.05, 0.1) is 0 Å². The van der Waals surface area contributed by atoms with Crippen molar-refractivity contribution in [3.8, 4) is 0 Å². The molecule has 103 valence electrons. The van der Waals surface area contributed by atoms with Crippen molar-refractivity contribution in [2.24, 2.45) is 0 Å². The summed E-state index contributed by atoms with van der Waals surface area (Å²) in [6.07, 6.45) is 5.11. The molecule has 0 aromatic carbocycles. The molecule has 0 aliphatic rings. The van der Waals surface area contributed by atoms with E-state index in [1.54, 1.807) is 0 Å². The fourth-order valence-electron chi connectivity index (χ4n) is 1.36. The average molecular weight is 261 g/mol. The smallest absolute Gasteiger partial charge is 0.373 e. The summed E-state index contributed by atoms with van der Waals surface area (Å²) in [7, 11) is -2.50. The molecule has 0 bridgehead atoms. The second kappa shape index (κ2) is 11.2. The zero-order valence-corrected chi connectivity index (χ0v) is 13.0. The number of unbranched alkanes of at least 4 members (excludes halogenated alkanes) is 1. The van der Waals surface area contributed by atoms with E-state index in [1.165, 1.54) is 0 Å². The summed E-state index contributed by atoms with van der Waals surface area (Å²) in [5.74, 6) is 0. The van der Waals surface area contributed by atoms with Crippen molar-refractivity contribution in [1.29, 1.82) is 0 Å². The van der Waals surface area contributed by atoms with E-state index >= 15 is 0 Å². The van der Waals surface area contributed by atoms with Crippen LogP contribution in [-0.2, 0) is 13.3 Å². The normalized spacial score (nSPS) is 12.0. The van der Waals surface area contributed by atoms with Gasteiger partial charge in [-0.15, -0.1) is 0 Å². The molecular weight excluding hydrogens is 232 g/mol. The Kier molecular flexibility index (Phi) is 11.3. The monoisotopic (exact) mass is 261 g/mol. The molecule has 0 saturated heterocycles. The molecule has 0 fully saturated rings. The molecule has 17 heavy (non-hydrogen) atoms. The maximum atomic E-state index is 5.92. The summed E-state index contributed by atoms with van der Waals surface area (Å²) < 4.78 is 17.8. The Morgan fingerprint density at radius 1 is 0.706 bits per heavy atom. The Hall–Kier alpha value is 0.0969. The SMILES string of the molecule is CCC[CH][Si](OCCC)(OCCC)OCCC. The first-order valence-corrected chi connectivity index (χ1v) is 8.81. The second-order valence-corrected chi connectivity index (χ2v) is 6.62. The minimum Gasteiger partial charge on any atom is -0.373 e. The number of hydrogen-bond donors (Lipinski definition) is 0. The van der Waals surface area contributed by atoms with Crippen LogP contribution in [-0.4, -0.2) is 28.6 Å². The van der Waals surface area contributed by atoms with Crippen LogP contribution in [0.4, 0.5) is 0 Å². The van der Waals surface area contributed by atoms with Gasteiger partial charge < -0.3 is 13.3 Å². The largest absolute Gasteiger partial charge is 0.504 e. The summed E-state index contributed by atoms with van der Waals surface area (Å²) in [6, 6.07) is 2.16. The van der Waals surface area contributed by atoms with Crippen LogP contribution in [0.2, 0.25) is 0 Å². The van der Waals surface area contributed by atoms with Crippen molar-refractivity contribution >= 4 is 8.80 Å². The third kappa shape index (κ3) is 7.92. The molecule has 0 amide bonds. The highest BCUT2D eigenvalue weighted by Crippen LogP contribution is 2.18. The molecule has 4 heteroatoms. The standard InChI is InChI=1S/C13H29O3Si/c1-5-9-13-17(14-10-6-2,15-11-7-3)16-12-8-4/h13H,5-12H2,1-4H3. The van der Waals surface area contributed by atoms with Crippen LogP contribution in [0, 0.1) is 6.04 Å². The topological polar surface area (TPSA) is 27.7 Å². The van der Waals surface area contributed by atoms with E-state index in [-0.39, 0.29) is 0 Å². The minimum absolute atomic E-state index is 0.722. The third-order valence-electron chi connectivity index (χ3n) is 2.21. The van der Waals surface area contributed by atoms with Crippen molar-refractivity contribution < 1.29 is 13.3 Å². The maximum absolute atomic E-state index is 5.92. The van der Waals surface area contributed by atoms with Crippen molar-refractivity contribution in [2.75, 3.05) is 19.8 Å². The lowest BCUT2D eigenvalue weighted by molar-refractivity contribution is 0.0662. The summed E-state index contributed by atoms with van der Waals surface area (Å²) in [5.41, 5.74) is 0. The zero-order chi connectivity index (χ0) is 13.0. The molecule has 0 spiro atoms. The molecule has 0 aromatic rings. The van der Waals surface area contributed by atoms with Crippen molar-refractivity contribution in [3.05, 3.63) is 6.04 Å². The van der Waals surface area contributed by atoms with Crippen LogP contribution in [0.5, 0.6) is 0 Å². The molecule has 0 saturated carbocycles. The first-order valence-electron chi connectivity index (χ1n) is 7.00. The lowest BCUT2D eigenvalue weighted by atomic mass is 10.4. The molecule has 0 atom stereocenters. The van der Waals surface area contributed by atoms with Gasteiger partial charge in [0.2, 0.25) is 0 Å². The lowest BCUT2D eigenvalue weighted by Crippen LogP contribution is -2.47. The highest BCUT2D eigenvalue weighted by molar-refractivity contribution is 6.64. The van der Waals surface area contributed by atoms with Crippen molar-refractivity contribution in [3.63, 3.8) is 0 Å². The summed E-state index contributed by atoms with van der Waals surface area (Å²) in [6.45, 7) is 10.7. The lowest BCUT2D eigenvalue weighted by Gasteiger charge is -2.29. The van der Waals surface area contributed by atoms with E-state index in [0.29, 0.717) is 0 Å². The van der Waals surface area contributed by atoms with Gasteiger partial charge in [0.25, 0.3) is 0 Å².